The van der Waals surface area contributed by atoms with Crippen molar-refractivity contribution >= 4 is 5.91 Å². The number of rotatable bonds is 5. The van der Waals surface area contributed by atoms with Crippen molar-refractivity contribution in [1.29, 1.82) is 0 Å². The van der Waals surface area contributed by atoms with Gasteiger partial charge < -0.3 is 15.4 Å². The van der Waals surface area contributed by atoms with Crippen LogP contribution in [0.2, 0.25) is 0 Å². The molecule has 1 aromatic rings. The minimum atomic E-state index is 0.127. The second-order valence-corrected chi connectivity index (χ2v) is 6.82. The van der Waals surface area contributed by atoms with Crippen molar-refractivity contribution in [1.82, 2.24) is 15.6 Å². The smallest absolute Gasteiger partial charge is 0.223 e. The molecule has 2 heterocycles. The molecule has 23 heavy (non-hydrogen) atoms. The van der Waals surface area contributed by atoms with Crippen molar-refractivity contribution in [2.75, 3.05) is 6.54 Å². The number of piperidine rings is 1. The predicted octanol–water partition coefficient (Wildman–Crippen LogP) is 2.41. The zero-order chi connectivity index (χ0) is 16.1. The van der Waals surface area contributed by atoms with E-state index in [2.05, 4.69) is 22.5 Å². The van der Waals surface area contributed by atoms with Crippen LogP contribution < -0.4 is 15.4 Å². The summed E-state index contributed by atoms with van der Waals surface area (Å²) in [6, 6.07) is 4.31. The van der Waals surface area contributed by atoms with Crippen LogP contribution in [0.4, 0.5) is 0 Å². The average molecular weight is 317 g/mol. The number of carbonyl (C=O) groups is 1. The van der Waals surface area contributed by atoms with Gasteiger partial charge in [-0.3, -0.25) is 4.79 Å². The topological polar surface area (TPSA) is 63.2 Å². The van der Waals surface area contributed by atoms with Crippen molar-refractivity contribution in [3.05, 3.63) is 23.9 Å². The van der Waals surface area contributed by atoms with E-state index >= 15 is 0 Å². The Hall–Kier alpha value is -1.62. The lowest BCUT2D eigenvalue weighted by Gasteiger charge is -2.27. The molecular weight excluding hydrogens is 290 g/mol. The van der Waals surface area contributed by atoms with Gasteiger partial charge in [0.15, 0.2) is 0 Å². The zero-order valence-electron chi connectivity index (χ0n) is 13.9. The number of amides is 1. The van der Waals surface area contributed by atoms with E-state index in [0.717, 1.165) is 37.8 Å². The molecule has 2 atom stereocenters. The summed E-state index contributed by atoms with van der Waals surface area (Å²) in [4.78, 5) is 16.6. The summed E-state index contributed by atoms with van der Waals surface area (Å²) in [5.74, 6) is 0.967. The number of hydrogen-bond donors (Lipinski definition) is 2. The number of nitrogens with zero attached hydrogens (tertiary/aromatic N) is 1. The van der Waals surface area contributed by atoms with Gasteiger partial charge in [-0.15, -0.1) is 0 Å². The Balaban J connectivity index is 1.50. The van der Waals surface area contributed by atoms with Crippen LogP contribution in [0.25, 0.3) is 0 Å². The summed E-state index contributed by atoms with van der Waals surface area (Å²) in [5.41, 5.74) is 1.04. The molecule has 126 valence electrons. The van der Waals surface area contributed by atoms with Gasteiger partial charge in [-0.1, -0.05) is 0 Å². The van der Waals surface area contributed by atoms with Gasteiger partial charge in [0, 0.05) is 30.8 Å². The van der Waals surface area contributed by atoms with Crippen molar-refractivity contribution in [2.24, 2.45) is 5.92 Å². The van der Waals surface area contributed by atoms with Crippen molar-refractivity contribution in [3.63, 3.8) is 0 Å². The summed E-state index contributed by atoms with van der Waals surface area (Å²) in [6.07, 6.45) is 8.64. The second-order valence-electron chi connectivity index (χ2n) is 6.82. The molecule has 1 amide bonds. The molecule has 1 aliphatic carbocycles. The minimum Gasteiger partial charge on any atom is -0.474 e. The van der Waals surface area contributed by atoms with Gasteiger partial charge in [0.2, 0.25) is 11.8 Å². The SMILES string of the molecule is C[C@H]1C[C@@H](C(=O)NCc2ccnc(OC3CCCC3)c2)CCN1. The van der Waals surface area contributed by atoms with Crippen LogP contribution in [0.3, 0.4) is 0 Å². The maximum Gasteiger partial charge on any atom is 0.223 e. The van der Waals surface area contributed by atoms with Crippen LogP contribution in [0.15, 0.2) is 18.3 Å². The number of nitrogens with one attached hydrogen (secondary N) is 2. The highest BCUT2D eigenvalue weighted by molar-refractivity contribution is 5.78. The molecule has 1 aromatic heterocycles. The molecule has 0 bridgehead atoms. The molecule has 2 aliphatic rings. The van der Waals surface area contributed by atoms with Crippen LogP contribution >= 0.6 is 0 Å². The quantitative estimate of drug-likeness (QED) is 0.875. The fourth-order valence-corrected chi connectivity index (χ4v) is 3.51. The number of pyridine rings is 1. The van der Waals surface area contributed by atoms with Crippen molar-refractivity contribution in [3.8, 4) is 5.88 Å². The highest BCUT2D eigenvalue weighted by atomic mass is 16.5. The first kappa shape index (κ1) is 16.2. The summed E-state index contributed by atoms with van der Waals surface area (Å²) < 4.78 is 5.92. The lowest BCUT2D eigenvalue weighted by atomic mass is 9.92. The van der Waals surface area contributed by atoms with Gasteiger partial charge in [0.1, 0.15) is 6.10 Å². The van der Waals surface area contributed by atoms with Crippen LogP contribution in [-0.4, -0.2) is 29.6 Å². The maximum atomic E-state index is 12.3. The Morgan fingerprint density at radius 2 is 2.22 bits per heavy atom. The molecule has 5 heteroatoms. The van der Waals surface area contributed by atoms with Crippen LogP contribution in [-0.2, 0) is 11.3 Å². The maximum absolute atomic E-state index is 12.3. The minimum absolute atomic E-state index is 0.127. The summed E-state index contributed by atoms with van der Waals surface area (Å²) in [5, 5.41) is 6.44. The average Bonchev–Trinajstić information content (AvgIpc) is 3.06. The van der Waals surface area contributed by atoms with Gasteiger partial charge in [0.05, 0.1) is 0 Å². The van der Waals surface area contributed by atoms with E-state index in [1.807, 2.05) is 12.1 Å². The summed E-state index contributed by atoms with van der Waals surface area (Å²) >= 11 is 0. The Kier molecular flexibility index (Phi) is 5.49. The zero-order valence-corrected chi connectivity index (χ0v) is 13.9. The highest BCUT2D eigenvalue weighted by Crippen LogP contribution is 2.23. The summed E-state index contributed by atoms with van der Waals surface area (Å²) in [7, 11) is 0. The van der Waals surface area contributed by atoms with Gasteiger partial charge >= 0.3 is 0 Å². The number of carbonyl (C=O) groups excluding carboxylic acids is 1. The Labute approximate surface area is 138 Å². The number of aromatic nitrogens is 1. The molecule has 0 radical (unpaired) electrons. The van der Waals surface area contributed by atoms with Crippen LogP contribution in [0.1, 0.15) is 51.0 Å². The third-order valence-corrected chi connectivity index (χ3v) is 4.85. The van der Waals surface area contributed by atoms with E-state index in [0.29, 0.717) is 24.6 Å². The molecule has 1 saturated carbocycles. The Morgan fingerprint density at radius 3 is 3.00 bits per heavy atom. The Morgan fingerprint density at radius 1 is 1.39 bits per heavy atom. The van der Waals surface area contributed by atoms with Gasteiger partial charge in [-0.2, -0.15) is 0 Å². The van der Waals surface area contributed by atoms with E-state index in [4.69, 9.17) is 4.74 Å². The third kappa shape index (κ3) is 4.67. The fourth-order valence-electron chi connectivity index (χ4n) is 3.51. The first-order valence-corrected chi connectivity index (χ1v) is 8.83. The molecule has 1 saturated heterocycles. The third-order valence-electron chi connectivity index (χ3n) is 4.85. The van der Waals surface area contributed by atoms with E-state index in [9.17, 15) is 4.79 Å². The normalized spacial score (nSPS) is 25.3. The molecular formula is C18H27N3O2. The molecule has 3 rings (SSSR count). The highest BCUT2D eigenvalue weighted by Gasteiger charge is 2.24. The summed E-state index contributed by atoms with van der Waals surface area (Å²) in [6.45, 7) is 3.60. The molecule has 5 nitrogen and oxygen atoms in total. The standard InChI is InChI=1S/C18H27N3O2/c1-13-10-15(7-9-19-13)18(22)21-12-14-6-8-20-17(11-14)23-16-4-2-3-5-16/h6,8,11,13,15-16,19H,2-5,7,9-10,12H2,1H3,(H,21,22)/t13-,15-/m0/s1. The molecule has 0 spiro atoms. The van der Waals surface area contributed by atoms with E-state index < -0.39 is 0 Å². The Bertz CT molecular complexity index is 529. The van der Waals surface area contributed by atoms with Crippen LogP contribution in [0.5, 0.6) is 5.88 Å². The predicted molar refractivity (Wildman–Crippen MR) is 89.2 cm³/mol. The van der Waals surface area contributed by atoms with Gasteiger partial charge in [-0.25, -0.2) is 4.98 Å². The molecule has 0 unspecified atom stereocenters. The van der Waals surface area contributed by atoms with Crippen molar-refractivity contribution in [2.45, 2.75) is 64.1 Å². The largest absolute Gasteiger partial charge is 0.474 e. The lowest BCUT2D eigenvalue weighted by Crippen LogP contribution is -2.42. The first-order chi connectivity index (χ1) is 11.2. The van der Waals surface area contributed by atoms with E-state index in [1.165, 1.54) is 12.8 Å². The first-order valence-electron chi connectivity index (χ1n) is 8.83. The fraction of sp³-hybridized carbons (Fsp3) is 0.667. The van der Waals surface area contributed by atoms with E-state index in [1.54, 1.807) is 6.20 Å². The molecule has 1 aliphatic heterocycles. The van der Waals surface area contributed by atoms with Gasteiger partial charge in [-0.05, 0) is 63.6 Å². The van der Waals surface area contributed by atoms with Crippen molar-refractivity contribution < 1.29 is 9.53 Å². The second kappa shape index (κ2) is 7.77. The molecule has 0 aromatic carbocycles. The number of ether oxygens (including phenoxy) is 1. The van der Waals surface area contributed by atoms with E-state index in [-0.39, 0.29) is 11.8 Å². The monoisotopic (exact) mass is 317 g/mol. The molecule has 2 fully saturated rings. The van der Waals surface area contributed by atoms with Crippen LogP contribution in [0, 0.1) is 5.92 Å². The number of hydrogen-bond acceptors (Lipinski definition) is 4. The lowest BCUT2D eigenvalue weighted by molar-refractivity contribution is -0.126. The van der Waals surface area contributed by atoms with Gasteiger partial charge in [0.25, 0.3) is 0 Å². The molecule has 2 N–H and O–H groups in total.